The minimum atomic E-state index is -0.239. The molecule has 2 aromatic heterocycles. The number of furan rings is 1. The number of rotatable bonds is 7. The Bertz CT molecular complexity index is 896. The molecule has 130 valence electrons. The number of hydrogen-bond acceptors (Lipinski definition) is 5. The number of carbonyl (C=O) groups is 1. The van der Waals surface area contributed by atoms with Crippen molar-refractivity contribution >= 4 is 22.9 Å². The number of ether oxygens (including phenoxy) is 1. The number of benzene rings is 1. The molecule has 0 radical (unpaired) electrons. The lowest BCUT2D eigenvalue weighted by molar-refractivity contribution is -0.116. The molecule has 1 N–H and O–H groups in total. The second-order valence-electron chi connectivity index (χ2n) is 5.55. The number of aromatic nitrogens is 1. The first kappa shape index (κ1) is 17.2. The topological polar surface area (TPSA) is 73.5 Å². The zero-order valence-electron chi connectivity index (χ0n) is 13.7. The standard InChI is InChI=1S/C18H18N2O4S/c1-13-12-25-18(22)20(13)9-17(21)19-15-5-2-4-14(8-15)10-23-11-16-6-3-7-24-16/h2-8,12H,9-11H2,1H3,(H,19,21). The van der Waals surface area contributed by atoms with Crippen LogP contribution in [0.5, 0.6) is 0 Å². The number of thiazole rings is 1. The van der Waals surface area contributed by atoms with Crippen LogP contribution in [0.2, 0.25) is 0 Å². The summed E-state index contributed by atoms with van der Waals surface area (Å²) in [6, 6.07) is 11.1. The SMILES string of the molecule is Cc1csc(=O)n1CC(=O)Nc1cccc(COCc2ccco2)c1. The molecular formula is C18H18N2O4S. The van der Waals surface area contributed by atoms with Crippen molar-refractivity contribution < 1.29 is 13.9 Å². The van der Waals surface area contributed by atoms with Crippen molar-refractivity contribution in [3.05, 3.63) is 74.7 Å². The quantitative estimate of drug-likeness (QED) is 0.704. The van der Waals surface area contributed by atoms with Crippen LogP contribution >= 0.6 is 11.3 Å². The van der Waals surface area contributed by atoms with Gasteiger partial charge in [-0.25, -0.2) is 0 Å². The van der Waals surface area contributed by atoms with Crippen LogP contribution in [-0.2, 0) is 29.3 Å². The number of nitrogens with one attached hydrogen (secondary N) is 1. The molecule has 0 unspecified atom stereocenters. The van der Waals surface area contributed by atoms with Crippen LogP contribution < -0.4 is 10.2 Å². The van der Waals surface area contributed by atoms with Crippen LogP contribution in [0.3, 0.4) is 0 Å². The number of amides is 1. The van der Waals surface area contributed by atoms with Gasteiger partial charge in [0.15, 0.2) is 0 Å². The number of nitrogens with zero attached hydrogens (tertiary/aromatic N) is 1. The van der Waals surface area contributed by atoms with Crippen molar-refractivity contribution in [3.8, 4) is 0 Å². The zero-order chi connectivity index (χ0) is 17.6. The largest absolute Gasteiger partial charge is 0.467 e. The molecule has 6 nitrogen and oxygen atoms in total. The maximum absolute atomic E-state index is 12.2. The monoisotopic (exact) mass is 358 g/mol. The van der Waals surface area contributed by atoms with Gasteiger partial charge in [0.1, 0.15) is 18.9 Å². The maximum Gasteiger partial charge on any atom is 0.307 e. The molecule has 3 rings (SSSR count). The predicted molar refractivity (Wildman–Crippen MR) is 95.6 cm³/mol. The first-order valence-corrected chi connectivity index (χ1v) is 8.63. The van der Waals surface area contributed by atoms with Gasteiger partial charge in [-0.1, -0.05) is 23.5 Å². The summed E-state index contributed by atoms with van der Waals surface area (Å²) in [5.41, 5.74) is 2.39. The Hall–Kier alpha value is -2.64. The Labute approximate surface area is 148 Å². The van der Waals surface area contributed by atoms with Crippen molar-refractivity contribution in [3.63, 3.8) is 0 Å². The van der Waals surface area contributed by atoms with Crippen molar-refractivity contribution in [2.75, 3.05) is 5.32 Å². The van der Waals surface area contributed by atoms with Gasteiger partial charge in [-0.15, -0.1) is 0 Å². The lowest BCUT2D eigenvalue weighted by Gasteiger charge is -2.09. The van der Waals surface area contributed by atoms with Crippen molar-refractivity contribution in [1.82, 2.24) is 4.57 Å². The summed E-state index contributed by atoms with van der Waals surface area (Å²) in [7, 11) is 0. The Morgan fingerprint density at radius 3 is 2.88 bits per heavy atom. The van der Waals surface area contributed by atoms with Crippen LogP contribution in [0, 0.1) is 6.92 Å². The van der Waals surface area contributed by atoms with Crippen LogP contribution in [0.4, 0.5) is 5.69 Å². The molecule has 0 aliphatic carbocycles. The molecule has 0 fully saturated rings. The number of carbonyl (C=O) groups excluding carboxylic acids is 1. The molecule has 2 heterocycles. The third kappa shape index (κ3) is 4.68. The molecule has 0 aliphatic heterocycles. The normalized spacial score (nSPS) is 10.8. The van der Waals surface area contributed by atoms with Gasteiger partial charge < -0.3 is 14.5 Å². The fourth-order valence-corrected chi connectivity index (χ4v) is 3.08. The zero-order valence-corrected chi connectivity index (χ0v) is 14.5. The Morgan fingerprint density at radius 1 is 1.28 bits per heavy atom. The van der Waals surface area contributed by atoms with Gasteiger partial charge in [0, 0.05) is 16.8 Å². The summed E-state index contributed by atoms with van der Waals surface area (Å²) in [6.45, 7) is 2.62. The lowest BCUT2D eigenvalue weighted by atomic mass is 10.2. The molecule has 0 saturated carbocycles. The molecule has 0 aliphatic rings. The third-order valence-electron chi connectivity index (χ3n) is 3.58. The van der Waals surface area contributed by atoms with Crippen molar-refractivity contribution in [2.24, 2.45) is 0 Å². The van der Waals surface area contributed by atoms with Crippen LogP contribution in [0.15, 0.2) is 57.3 Å². The molecule has 0 bridgehead atoms. The van der Waals surface area contributed by atoms with Gasteiger partial charge in [0.25, 0.3) is 0 Å². The second kappa shape index (κ2) is 7.96. The molecule has 1 amide bonds. The van der Waals surface area contributed by atoms with E-state index in [1.165, 1.54) is 4.57 Å². The highest BCUT2D eigenvalue weighted by Gasteiger charge is 2.09. The molecule has 1 aromatic carbocycles. The fraction of sp³-hybridized carbons (Fsp3) is 0.222. The minimum absolute atomic E-state index is 0.00733. The average Bonchev–Trinajstić information content (AvgIpc) is 3.21. The van der Waals surface area contributed by atoms with E-state index in [-0.39, 0.29) is 17.3 Å². The van der Waals surface area contributed by atoms with E-state index >= 15 is 0 Å². The molecule has 7 heteroatoms. The van der Waals surface area contributed by atoms with E-state index in [1.807, 2.05) is 37.3 Å². The highest BCUT2D eigenvalue weighted by molar-refractivity contribution is 7.07. The van der Waals surface area contributed by atoms with Crippen LogP contribution in [-0.4, -0.2) is 10.5 Å². The van der Waals surface area contributed by atoms with Gasteiger partial charge in [-0.3, -0.25) is 14.2 Å². The molecule has 3 aromatic rings. The van der Waals surface area contributed by atoms with Crippen molar-refractivity contribution in [2.45, 2.75) is 26.7 Å². The van der Waals surface area contributed by atoms with Crippen LogP contribution in [0.1, 0.15) is 17.0 Å². The summed E-state index contributed by atoms with van der Waals surface area (Å²) < 4.78 is 12.3. The van der Waals surface area contributed by atoms with Gasteiger partial charge in [0.05, 0.1) is 12.9 Å². The molecule has 0 saturated heterocycles. The number of aryl methyl sites for hydroxylation is 1. The second-order valence-corrected chi connectivity index (χ2v) is 6.37. The summed E-state index contributed by atoms with van der Waals surface area (Å²) in [4.78, 5) is 23.7. The van der Waals surface area contributed by atoms with E-state index in [9.17, 15) is 9.59 Å². The minimum Gasteiger partial charge on any atom is -0.467 e. The van der Waals surface area contributed by atoms with Crippen molar-refractivity contribution in [1.29, 1.82) is 0 Å². The predicted octanol–water partition coefficient (Wildman–Crippen LogP) is 3.17. The third-order valence-corrected chi connectivity index (χ3v) is 4.46. The average molecular weight is 358 g/mol. The smallest absolute Gasteiger partial charge is 0.307 e. The molecule has 0 atom stereocenters. The molecule has 25 heavy (non-hydrogen) atoms. The highest BCUT2D eigenvalue weighted by atomic mass is 32.1. The van der Waals surface area contributed by atoms with Gasteiger partial charge in [0.2, 0.25) is 5.91 Å². The lowest BCUT2D eigenvalue weighted by Crippen LogP contribution is -2.25. The number of hydrogen-bond donors (Lipinski definition) is 1. The molecular weight excluding hydrogens is 340 g/mol. The Kier molecular flexibility index (Phi) is 5.47. The van der Waals surface area contributed by atoms with Gasteiger partial charge in [-0.2, -0.15) is 0 Å². The highest BCUT2D eigenvalue weighted by Crippen LogP contribution is 2.13. The van der Waals surface area contributed by atoms with E-state index in [4.69, 9.17) is 9.15 Å². The van der Waals surface area contributed by atoms with E-state index in [0.29, 0.717) is 18.9 Å². The summed E-state index contributed by atoms with van der Waals surface area (Å²) in [5.74, 6) is 0.526. The van der Waals surface area contributed by atoms with E-state index in [0.717, 1.165) is 28.4 Å². The summed E-state index contributed by atoms with van der Waals surface area (Å²) in [5, 5.41) is 4.55. The van der Waals surface area contributed by atoms with Gasteiger partial charge in [-0.05, 0) is 36.8 Å². The Morgan fingerprint density at radius 2 is 2.16 bits per heavy atom. The first-order valence-electron chi connectivity index (χ1n) is 7.75. The molecule has 0 spiro atoms. The van der Waals surface area contributed by atoms with E-state index in [2.05, 4.69) is 5.32 Å². The number of anilines is 1. The fourth-order valence-electron chi connectivity index (χ4n) is 2.34. The summed E-state index contributed by atoms with van der Waals surface area (Å²) >= 11 is 1.09. The summed E-state index contributed by atoms with van der Waals surface area (Å²) in [6.07, 6.45) is 1.61. The van der Waals surface area contributed by atoms with E-state index < -0.39 is 0 Å². The first-order chi connectivity index (χ1) is 12.1. The maximum atomic E-state index is 12.2. The van der Waals surface area contributed by atoms with Crippen LogP contribution in [0.25, 0.3) is 0 Å². The van der Waals surface area contributed by atoms with E-state index in [1.54, 1.807) is 17.7 Å². The van der Waals surface area contributed by atoms with Gasteiger partial charge >= 0.3 is 4.87 Å². The Balaban J connectivity index is 1.55.